The van der Waals surface area contributed by atoms with Gasteiger partial charge in [-0.15, -0.1) is 0 Å². The molecule has 3 N–H and O–H groups in total. The number of rotatable bonds is 4. The van der Waals surface area contributed by atoms with E-state index in [9.17, 15) is 4.79 Å². The maximum atomic E-state index is 11.0. The number of benzene rings is 1. The van der Waals surface area contributed by atoms with Crippen LogP contribution in [0.2, 0.25) is 0 Å². The highest BCUT2D eigenvalue weighted by Crippen LogP contribution is 2.20. The lowest BCUT2D eigenvalue weighted by molar-refractivity contribution is 0.1000. The van der Waals surface area contributed by atoms with Crippen molar-refractivity contribution in [2.45, 2.75) is 13.3 Å². The van der Waals surface area contributed by atoms with Crippen LogP contribution in [0.3, 0.4) is 0 Å². The summed E-state index contributed by atoms with van der Waals surface area (Å²) in [6.07, 6.45) is 1.17. The van der Waals surface area contributed by atoms with Gasteiger partial charge in [-0.3, -0.25) is 4.79 Å². The van der Waals surface area contributed by atoms with Crippen molar-refractivity contribution >= 4 is 5.91 Å². The van der Waals surface area contributed by atoms with Gasteiger partial charge in [-0.25, -0.2) is 0 Å². The first kappa shape index (κ1) is 11.9. The number of nitrogens with two attached hydrogens (primary N) is 1. The van der Waals surface area contributed by atoms with Gasteiger partial charge in [-0.1, -0.05) is 0 Å². The predicted octanol–water partition coefficient (Wildman–Crippen LogP) is 1.08. The molecule has 17 heavy (non-hydrogen) atoms. The van der Waals surface area contributed by atoms with E-state index in [-0.39, 0.29) is 0 Å². The summed E-state index contributed by atoms with van der Waals surface area (Å²) < 4.78 is 5.76. The first-order chi connectivity index (χ1) is 8.16. The Kier molecular flexibility index (Phi) is 3.64. The van der Waals surface area contributed by atoms with E-state index >= 15 is 0 Å². The third kappa shape index (κ3) is 2.97. The number of amides is 1. The van der Waals surface area contributed by atoms with Gasteiger partial charge < -0.3 is 15.8 Å². The molecule has 0 spiro atoms. The molecule has 1 heterocycles. The quantitative estimate of drug-likeness (QED) is 0.819. The molecule has 0 saturated carbocycles. The maximum absolute atomic E-state index is 11.0. The molecule has 92 valence electrons. The smallest absolute Gasteiger partial charge is 0.248 e. The van der Waals surface area contributed by atoms with Gasteiger partial charge in [0.25, 0.3) is 0 Å². The molecule has 2 rings (SSSR count). The molecule has 1 fully saturated rings. The summed E-state index contributed by atoms with van der Waals surface area (Å²) in [7, 11) is 0. The van der Waals surface area contributed by atoms with Crippen molar-refractivity contribution in [2.75, 3.05) is 19.7 Å². The minimum absolute atomic E-state index is 0.403. The first-order valence-corrected chi connectivity index (χ1v) is 5.91. The van der Waals surface area contributed by atoms with Gasteiger partial charge in [0.1, 0.15) is 5.75 Å². The lowest BCUT2D eigenvalue weighted by atomic mass is 10.1. The highest BCUT2D eigenvalue weighted by Gasteiger charge is 2.15. The van der Waals surface area contributed by atoms with Crippen molar-refractivity contribution in [1.82, 2.24) is 5.32 Å². The zero-order valence-corrected chi connectivity index (χ0v) is 10.0. The van der Waals surface area contributed by atoms with Crippen LogP contribution in [0, 0.1) is 12.8 Å². The summed E-state index contributed by atoms with van der Waals surface area (Å²) in [5.74, 6) is 1.02. The first-order valence-electron chi connectivity index (χ1n) is 5.91. The van der Waals surface area contributed by atoms with Crippen LogP contribution in [0.25, 0.3) is 0 Å². The largest absolute Gasteiger partial charge is 0.493 e. The number of primary amides is 1. The van der Waals surface area contributed by atoms with E-state index in [1.165, 1.54) is 6.42 Å². The van der Waals surface area contributed by atoms with Gasteiger partial charge in [0, 0.05) is 18.0 Å². The summed E-state index contributed by atoms with van der Waals surface area (Å²) in [5, 5.41) is 3.31. The fourth-order valence-electron chi connectivity index (χ4n) is 2.03. The molecular formula is C13H18N2O2. The molecule has 1 amide bonds. The zero-order valence-electron chi connectivity index (χ0n) is 10.0. The molecule has 4 heteroatoms. The van der Waals surface area contributed by atoms with Crippen LogP contribution in [0.5, 0.6) is 5.75 Å². The molecule has 0 radical (unpaired) electrons. The van der Waals surface area contributed by atoms with Gasteiger partial charge >= 0.3 is 0 Å². The zero-order chi connectivity index (χ0) is 12.3. The molecule has 0 aliphatic carbocycles. The summed E-state index contributed by atoms with van der Waals surface area (Å²) in [6.45, 7) is 4.75. The minimum Gasteiger partial charge on any atom is -0.493 e. The monoisotopic (exact) mass is 234 g/mol. The third-order valence-corrected chi connectivity index (χ3v) is 3.10. The number of hydrogen-bond donors (Lipinski definition) is 2. The average molecular weight is 234 g/mol. The van der Waals surface area contributed by atoms with E-state index in [1.807, 2.05) is 13.0 Å². The standard InChI is InChI=1S/C13H18N2O2/c1-9-6-11(13(14)16)2-3-12(9)17-8-10-4-5-15-7-10/h2-3,6,10,15H,4-5,7-8H2,1H3,(H2,14,16). The molecular weight excluding hydrogens is 216 g/mol. The molecule has 0 bridgehead atoms. The number of aryl methyl sites for hydroxylation is 1. The SMILES string of the molecule is Cc1cc(C(N)=O)ccc1OCC1CCNC1. The Labute approximate surface area is 101 Å². The minimum atomic E-state index is -0.403. The van der Waals surface area contributed by atoms with Crippen LogP contribution in [0.4, 0.5) is 0 Å². The fraction of sp³-hybridized carbons (Fsp3) is 0.462. The highest BCUT2D eigenvalue weighted by molar-refractivity contribution is 5.93. The number of carbonyl (C=O) groups is 1. The molecule has 1 aliphatic heterocycles. The lowest BCUT2D eigenvalue weighted by Gasteiger charge is -2.13. The number of hydrogen-bond acceptors (Lipinski definition) is 3. The van der Waals surface area contributed by atoms with E-state index in [2.05, 4.69) is 5.32 Å². The van der Waals surface area contributed by atoms with Crippen molar-refractivity contribution in [1.29, 1.82) is 0 Å². The van der Waals surface area contributed by atoms with E-state index in [1.54, 1.807) is 12.1 Å². The van der Waals surface area contributed by atoms with Crippen LogP contribution in [-0.4, -0.2) is 25.6 Å². The molecule has 1 unspecified atom stereocenters. The molecule has 0 aromatic heterocycles. The molecule has 1 aromatic carbocycles. The van der Waals surface area contributed by atoms with Crippen molar-refractivity contribution < 1.29 is 9.53 Å². The van der Waals surface area contributed by atoms with Crippen molar-refractivity contribution in [2.24, 2.45) is 11.7 Å². The van der Waals surface area contributed by atoms with E-state index in [4.69, 9.17) is 10.5 Å². The maximum Gasteiger partial charge on any atom is 0.248 e. The highest BCUT2D eigenvalue weighted by atomic mass is 16.5. The molecule has 4 nitrogen and oxygen atoms in total. The summed E-state index contributed by atoms with van der Waals surface area (Å²) in [5.41, 5.74) is 6.69. The van der Waals surface area contributed by atoms with E-state index < -0.39 is 5.91 Å². The van der Waals surface area contributed by atoms with Crippen LogP contribution < -0.4 is 15.8 Å². The average Bonchev–Trinajstić information content (AvgIpc) is 2.80. The molecule has 1 atom stereocenters. The van der Waals surface area contributed by atoms with Gasteiger partial charge in [0.15, 0.2) is 0 Å². The Bertz CT molecular complexity index is 412. The second-order valence-corrected chi connectivity index (χ2v) is 4.51. The number of carbonyl (C=O) groups excluding carboxylic acids is 1. The van der Waals surface area contributed by atoms with E-state index in [0.717, 1.165) is 31.0 Å². The van der Waals surface area contributed by atoms with Crippen molar-refractivity contribution in [3.8, 4) is 5.75 Å². The van der Waals surface area contributed by atoms with E-state index in [0.29, 0.717) is 11.5 Å². The summed E-state index contributed by atoms with van der Waals surface area (Å²) >= 11 is 0. The van der Waals surface area contributed by atoms with Gasteiger partial charge in [-0.05, 0) is 43.7 Å². The molecule has 1 saturated heterocycles. The second-order valence-electron chi connectivity index (χ2n) is 4.51. The van der Waals surface area contributed by atoms with Gasteiger partial charge in [0.05, 0.1) is 6.61 Å². The topological polar surface area (TPSA) is 64.4 Å². The normalized spacial score (nSPS) is 19.2. The summed E-state index contributed by atoms with van der Waals surface area (Å²) in [4.78, 5) is 11.0. The van der Waals surface area contributed by atoms with Crippen molar-refractivity contribution in [3.63, 3.8) is 0 Å². The number of ether oxygens (including phenoxy) is 1. The van der Waals surface area contributed by atoms with Crippen LogP contribution in [-0.2, 0) is 0 Å². The Morgan fingerprint density at radius 2 is 2.41 bits per heavy atom. The Hall–Kier alpha value is -1.55. The van der Waals surface area contributed by atoms with Crippen LogP contribution in [0.15, 0.2) is 18.2 Å². The Balaban J connectivity index is 1.98. The fourth-order valence-corrected chi connectivity index (χ4v) is 2.03. The second kappa shape index (κ2) is 5.19. The van der Waals surface area contributed by atoms with Crippen LogP contribution >= 0.6 is 0 Å². The lowest BCUT2D eigenvalue weighted by Crippen LogP contribution is -2.16. The van der Waals surface area contributed by atoms with Crippen LogP contribution in [0.1, 0.15) is 22.3 Å². The summed E-state index contributed by atoms with van der Waals surface area (Å²) in [6, 6.07) is 5.29. The van der Waals surface area contributed by atoms with Crippen molar-refractivity contribution in [3.05, 3.63) is 29.3 Å². The molecule has 1 aromatic rings. The van der Waals surface area contributed by atoms with Gasteiger partial charge in [-0.2, -0.15) is 0 Å². The Morgan fingerprint density at radius 1 is 1.59 bits per heavy atom. The third-order valence-electron chi connectivity index (χ3n) is 3.10. The molecule has 1 aliphatic rings. The van der Waals surface area contributed by atoms with Gasteiger partial charge in [0.2, 0.25) is 5.91 Å². The Morgan fingerprint density at radius 3 is 3.00 bits per heavy atom. The predicted molar refractivity (Wildman–Crippen MR) is 66.2 cm³/mol. The number of nitrogens with one attached hydrogen (secondary N) is 1.